The number of likely N-dealkylation sites (tertiary alicyclic amines) is 1. The zero-order valence-corrected chi connectivity index (χ0v) is 20.3. The molecule has 5 N–H and O–H groups in total. The van der Waals surface area contributed by atoms with Gasteiger partial charge in [0.15, 0.2) is 5.13 Å². The van der Waals surface area contributed by atoms with Gasteiger partial charge in [-0.25, -0.2) is 9.78 Å². The van der Waals surface area contributed by atoms with Crippen LogP contribution in [0.4, 0.5) is 5.13 Å². The van der Waals surface area contributed by atoms with Crippen molar-refractivity contribution >= 4 is 28.3 Å². The Balaban J connectivity index is 0.000000178. The lowest BCUT2D eigenvalue weighted by Gasteiger charge is -2.26. The van der Waals surface area contributed by atoms with Crippen molar-refractivity contribution in [2.75, 3.05) is 18.9 Å². The van der Waals surface area contributed by atoms with Gasteiger partial charge in [0.25, 0.3) is 5.91 Å². The summed E-state index contributed by atoms with van der Waals surface area (Å²) in [4.78, 5) is 31.0. The lowest BCUT2D eigenvalue weighted by atomic mass is 10.1. The third kappa shape index (κ3) is 4.49. The van der Waals surface area contributed by atoms with Crippen LogP contribution < -0.4 is 16.2 Å². The Kier molecular flexibility index (Phi) is 6.21. The van der Waals surface area contributed by atoms with Crippen LogP contribution in [0.1, 0.15) is 44.8 Å². The summed E-state index contributed by atoms with van der Waals surface area (Å²) in [6.07, 6.45) is 2.83. The molecule has 3 atom stereocenters. The van der Waals surface area contributed by atoms with Crippen molar-refractivity contribution in [3.8, 4) is 16.2 Å². The highest BCUT2D eigenvalue weighted by molar-refractivity contribution is 7.19. The van der Waals surface area contributed by atoms with E-state index in [-0.39, 0.29) is 11.9 Å². The molecular weight excluding hydrogens is 464 g/mol. The number of aromatic nitrogens is 1. The third-order valence-electron chi connectivity index (χ3n) is 6.82. The first kappa shape index (κ1) is 23.3. The number of nitrogens with zero attached hydrogens (tertiary/aromatic N) is 2. The number of carbonyl (C=O) groups excluding carboxylic acids is 1. The van der Waals surface area contributed by atoms with Crippen molar-refractivity contribution in [3.63, 3.8) is 0 Å². The number of anilines is 1. The first-order chi connectivity index (χ1) is 16.9. The van der Waals surface area contributed by atoms with Gasteiger partial charge < -0.3 is 26.2 Å². The van der Waals surface area contributed by atoms with Gasteiger partial charge in [0, 0.05) is 30.6 Å². The number of fused-ring (bicyclic) bond motifs is 2. The van der Waals surface area contributed by atoms with Crippen molar-refractivity contribution in [1.29, 1.82) is 0 Å². The number of thiazole rings is 1. The minimum atomic E-state index is -0.877. The summed E-state index contributed by atoms with van der Waals surface area (Å²) in [5, 5.41) is 9.22. The minimum Gasteiger partial charge on any atom is -0.493 e. The molecule has 3 aromatic rings. The van der Waals surface area contributed by atoms with Gasteiger partial charge in [0.2, 0.25) is 0 Å². The lowest BCUT2D eigenvalue weighted by molar-refractivity contribution is 0.0689. The normalized spacial score (nSPS) is 21.4. The average molecular weight is 493 g/mol. The number of nitrogens with two attached hydrogens (primary N) is 2. The van der Waals surface area contributed by atoms with Crippen LogP contribution in [0.5, 0.6) is 5.75 Å². The molecule has 2 aromatic carbocycles. The standard InChI is InChI=1S/C17H20N4OS.C9H8O3/c1-9-3-2-4-10(5-9)15-14(20-17(19)23-15)16(22)21-12(8-18)6-11-7-13(11)21;10-9(11)7-2-1-3-8-6(7)4-5-12-8/h2-5,11-13H,6-8,18H2,1H3,(H2,19,20);1-3H,4-5H2,(H,10,11)/t11-,12+,13+;/m1./s1. The third-order valence-corrected chi connectivity index (χ3v) is 7.75. The second-order valence-corrected chi connectivity index (χ2v) is 10.2. The molecule has 1 saturated heterocycles. The number of carboxylic acid groups (broad SMARTS) is 1. The Bertz CT molecular complexity index is 1290. The van der Waals surface area contributed by atoms with Crippen molar-refractivity contribution in [2.24, 2.45) is 11.7 Å². The van der Waals surface area contributed by atoms with Crippen LogP contribution in [0.15, 0.2) is 42.5 Å². The molecule has 1 saturated carbocycles. The highest BCUT2D eigenvalue weighted by atomic mass is 32.1. The molecule has 2 fully saturated rings. The molecular formula is C26H28N4O4S. The van der Waals surface area contributed by atoms with E-state index in [9.17, 15) is 9.59 Å². The molecule has 8 nitrogen and oxygen atoms in total. The quantitative estimate of drug-likeness (QED) is 0.507. The Morgan fingerprint density at radius 2 is 2.03 bits per heavy atom. The number of amides is 1. The van der Waals surface area contributed by atoms with Crippen molar-refractivity contribution in [3.05, 3.63) is 64.8 Å². The number of hydrogen-bond acceptors (Lipinski definition) is 7. The van der Waals surface area contributed by atoms with E-state index < -0.39 is 5.97 Å². The summed E-state index contributed by atoms with van der Waals surface area (Å²) >= 11 is 1.37. The average Bonchev–Trinajstić information content (AvgIpc) is 3.19. The first-order valence-corrected chi connectivity index (χ1v) is 12.5. The zero-order chi connectivity index (χ0) is 24.7. The molecule has 9 heteroatoms. The van der Waals surface area contributed by atoms with E-state index in [4.69, 9.17) is 21.3 Å². The van der Waals surface area contributed by atoms with E-state index in [0.29, 0.717) is 47.9 Å². The molecule has 0 radical (unpaired) electrons. The molecule has 182 valence electrons. The molecule has 2 aliphatic heterocycles. The van der Waals surface area contributed by atoms with Gasteiger partial charge in [-0.3, -0.25) is 4.79 Å². The van der Waals surface area contributed by atoms with Crippen molar-refractivity contribution in [1.82, 2.24) is 9.88 Å². The Hall–Kier alpha value is -3.43. The molecule has 0 unspecified atom stereocenters. The van der Waals surface area contributed by atoms with Gasteiger partial charge in [-0.15, -0.1) is 0 Å². The van der Waals surface area contributed by atoms with Gasteiger partial charge in [0.1, 0.15) is 11.4 Å². The summed E-state index contributed by atoms with van der Waals surface area (Å²) in [5.74, 6) is 0.452. The molecule has 0 bridgehead atoms. The van der Waals surface area contributed by atoms with E-state index >= 15 is 0 Å². The number of nitrogen functional groups attached to an aromatic ring is 1. The summed E-state index contributed by atoms with van der Waals surface area (Å²) in [6, 6.07) is 13.7. The maximum Gasteiger partial charge on any atom is 0.336 e. The molecule has 1 aliphatic carbocycles. The number of hydrogen-bond donors (Lipinski definition) is 3. The van der Waals surface area contributed by atoms with Crippen LogP contribution in [0, 0.1) is 12.8 Å². The van der Waals surface area contributed by atoms with E-state index in [2.05, 4.69) is 11.1 Å². The predicted molar refractivity (Wildman–Crippen MR) is 135 cm³/mol. The van der Waals surface area contributed by atoms with Crippen molar-refractivity contribution in [2.45, 2.75) is 38.3 Å². The van der Waals surface area contributed by atoms with Crippen LogP contribution in [-0.2, 0) is 6.42 Å². The number of aryl methyl sites for hydroxylation is 1. The van der Waals surface area contributed by atoms with E-state index in [1.807, 2.05) is 30.0 Å². The number of piperidine rings is 1. The highest BCUT2D eigenvalue weighted by Crippen LogP contribution is 2.48. The fourth-order valence-electron chi connectivity index (χ4n) is 5.09. The summed E-state index contributed by atoms with van der Waals surface area (Å²) < 4.78 is 5.23. The molecule has 35 heavy (non-hydrogen) atoms. The van der Waals surface area contributed by atoms with Crippen LogP contribution in [0.25, 0.3) is 10.4 Å². The van der Waals surface area contributed by atoms with Crippen LogP contribution >= 0.6 is 11.3 Å². The number of carboxylic acids is 1. The minimum absolute atomic E-state index is 0.0186. The van der Waals surface area contributed by atoms with Crippen LogP contribution in [0.3, 0.4) is 0 Å². The van der Waals surface area contributed by atoms with Gasteiger partial charge >= 0.3 is 5.97 Å². The Labute approximate surface area is 207 Å². The lowest BCUT2D eigenvalue weighted by Crippen LogP contribution is -2.42. The summed E-state index contributed by atoms with van der Waals surface area (Å²) in [5.41, 5.74) is 15.6. The largest absolute Gasteiger partial charge is 0.493 e. The number of rotatable bonds is 4. The fourth-order valence-corrected chi connectivity index (χ4v) is 5.91. The SMILES string of the molecule is Cc1cccc(-c2sc(N)nc2C(=O)N2[C@H](CN)C[C@@H]3C[C@@H]32)c1.O=C(O)c1cccc2c1CCO2. The summed E-state index contributed by atoms with van der Waals surface area (Å²) in [7, 11) is 0. The Morgan fingerprint density at radius 3 is 2.77 bits per heavy atom. The van der Waals surface area contributed by atoms with Crippen molar-refractivity contribution < 1.29 is 19.4 Å². The zero-order valence-electron chi connectivity index (χ0n) is 19.4. The monoisotopic (exact) mass is 492 g/mol. The predicted octanol–water partition coefficient (Wildman–Crippen LogP) is 3.58. The first-order valence-electron chi connectivity index (χ1n) is 11.7. The number of aromatic carboxylic acids is 1. The van der Waals surface area contributed by atoms with Gasteiger partial charge in [-0.1, -0.05) is 47.2 Å². The number of carbonyl (C=O) groups is 2. The molecule has 0 spiro atoms. The smallest absolute Gasteiger partial charge is 0.336 e. The molecule has 6 rings (SSSR count). The second-order valence-electron chi connectivity index (χ2n) is 9.19. The molecule has 3 aliphatic rings. The van der Waals surface area contributed by atoms with Crippen LogP contribution in [-0.4, -0.2) is 52.1 Å². The second kappa shape index (κ2) is 9.31. The van der Waals surface area contributed by atoms with E-state index in [1.165, 1.54) is 11.3 Å². The van der Waals surface area contributed by atoms with E-state index in [0.717, 1.165) is 40.2 Å². The maximum absolute atomic E-state index is 13.1. The summed E-state index contributed by atoms with van der Waals surface area (Å²) in [6.45, 7) is 3.15. The molecule has 3 heterocycles. The topological polar surface area (TPSA) is 132 Å². The van der Waals surface area contributed by atoms with Gasteiger partial charge in [-0.05, 0) is 43.4 Å². The van der Waals surface area contributed by atoms with Gasteiger partial charge in [0.05, 0.1) is 17.0 Å². The Morgan fingerprint density at radius 1 is 1.23 bits per heavy atom. The molecule has 1 aromatic heterocycles. The van der Waals surface area contributed by atoms with Gasteiger partial charge in [-0.2, -0.15) is 0 Å². The van der Waals surface area contributed by atoms with E-state index in [1.54, 1.807) is 18.2 Å². The number of ether oxygens (including phenoxy) is 1. The fraction of sp³-hybridized carbons (Fsp3) is 0.346. The van der Waals surface area contributed by atoms with Crippen LogP contribution in [0.2, 0.25) is 0 Å². The maximum atomic E-state index is 13.1. The molecule has 1 amide bonds. The number of benzene rings is 2. The highest BCUT2D eigenvalue weighted by Gasteiger charge is 2.54.